The maximum absolute atomic E-state index is 5.70. The number of likely N-dealkylation sites (tertiary alicyclic amines) is 1. The van der Waals surface area contributed by atoms with E-state index in [2.05, 4.69) is 25.7 Å². The number of nitrogens with two attached hydrogens (primary N) is 1. The van der Waals surface area contributed by atoms with E-state index in [1.165, 1.54) is 13.0 Å². The molecule has 0 aromatic rings. The minimum atomic E-state index is 0.610. The lowest BCUT2D eigenvalue weighted by Crippen LogP contribution is -2.56. The van der Waals surface area contributed by atoms with Crippen LogP contribution in [0, 0.1) is 5.92 Å². The Bertz CT molecular complexity index is 123. The fraction of sp³-hybridized carbons (Fsp3) is 1.00. The van der Waals surface area contributed by atoms with Gasteiger partial charge in [-0.2, -0.15) is 0 Å². The van der Waals surface area contributed by atoms with Crippen LogP contribution in [0.1, 0.15) is 27.2 Å². The van der Waals surface area contributed by atoms with Crippen LogP contribution in [0.5, 0.6) is 0 Å². The zero-order valence-electron chi connectivity index (χ0n) is 7.88. The first-order valence-electron chi connectivity index (χ1n) is 4.62. The Morgan fingerprint density at radius 1 is 1.55 bits per heavy atom. The average molecular weight is 156 g/mol. The van der Waals surface area contributed by atoms with E-state index in [0.717, 1.165) is 12.6 Å². The van der Waals surface area contributed by atoms with Gasteiger partial charge in [0, 0.05) is 25.2 Å². The van der Waals surface area contributed by atoms with Crippen LogP contribution >= 0.6 is 0 Å². The molecule has 1 saturated heterocycles. The lowest BCUT2D eigenvalue weighted by Gasteiger charge is -2.45. The Hall–Kier alpha value is -0.0800. The summed E-state index contributed by atoms with van der Waals surface area (Å²) in [7, 11) is 0. The first-order valence-corrected chi connectivity index (χ1v) is 4.62. The molecule has 0 aliphatic carbocycles. The van der Waals surface area contributed by atoms with Gasteiger partial charge in [-0.3, -0.25) is 4.90 Å². The molecule has 2 N–H and O–H groups in total. The lowest BCUT2D eigenvalue weighted by atomic mass is 9.94. The summed E-state index contributed by atoms with van der Waals surface area (Å²) in [5.41, 5.74) is 5.70. The van der Waals surface area contributed by atoms with Gasteiger partial charge in [0.1, 0.15) is 0 Å². The molecule has 2 atom stereocenters. The van der Waals surface area contributed by atoms with Gasteiger partial charge < -0.3 is 5.73 Å². The van der Waals surface area contributed by atoms with Crippen molar-refractivity contribution in [3.8, 4) is 0 Å². The predicted octanol–water partition coefficient (Wildman–Crippen LogP) is 1.06. The van der Waals surface area contributed by atoms with Crippen LogP contribution < -0.4 is 5.73 Å². The molecule has 2 heteroatoms. The van der Waals surface area contributed by atoms with E-state index >= 15 is 0 Å². The van der Waals surface area contributed by atoms with Crippen LogP contribution in [0.25, 0.3) is 0 Å². The van der Waals surface area contributed by atoms with E-state index in [0.29, 0.717) is 12.0 Å². The number of rotatable bonds is 3. The molecule has 2 unspecified atom stereocenters. The molecule has 1 rings (SSSR count). The summed E-state index contributed by atoms with van der Waals surface area (Å²) < 4.78 is 0. The molecule has 0 aromatic heterocycles. The number of hydrogen-bond donors (Lipinski definition) is 1. The highest BCUT2D eigenvalue weighted by Crippen LogP contribution is 2.23. The molecule has 0 bridgehead atoms. The van der Waals surface area contributed by atoms with E-state index in [9.17, 15) is 0 Å². The highest BCUT2D eigenvalue weighted by atomic mass is 15.2. The third-order valence-electron chi connectivity index (χ3n) is 2.81. The standard InChI is InChI=1S/C9H20N2/c1-7(2)9(6-10)11-5-4-8(11)3/h7-9H,4-6,10H2,1-3H3. The Morgan fingerprint density at radius 2 is 2.18 bits per heavy atom. The van der Waals surface area contributed by atoms with Gasteiger partial charge in [0.2, 0.25) is 0 Å². The molecule has 1 fully saturated rings. The molecule has 0 amide bonds. The van der Waals surface area contributed by atoms with Gasteiger partial charge in [-0.15, -0.1) is 0 Å². The fourth-order valence-electron chi connectivity index (χ4n) is 1.82. The maximum atomic E-state index is 5.70. The number of hydrogen-bond acceptors (Lipinski definition) is 2. The Labute approximate surface area is 69.8 Å². The summed E-state index contributed by atoms with van der Waals surface area (Å²) in [6.45, 7) is 8.85. The van der Waals surface area contributed by atoms with Gasteiger partial charge in [-0.1, -0.05) is 13.8 Å². The van der Waals surface area contributed by atoms with Gasteiger partial charge in [-0.05, 0) is 19.3 Å². The molecular formula is C9H20N2. The highest BCUT2D eigenvalue weighted by molar-refractivity contribution is 4.87. The van der Waals surface area contributed by atoms with Gasteiger partial charge in [0.15, 0.2) is 0 Å². The summed E-state index contributed by atoms with van der Waals surface area (Å²) in [5, 5.41) is 0. The normalized spacial score (nSPS) is 28.6. The van der Waals surface area contributed by atoms with Gasteiger partial charge in [-0.25, -0.2) is 0 Å². The molecular weight excluding hydrogens is 136 g/mol. The van der Waals surface area contributed by atoms with Crippen molar-refractivity contribution in [2.75, 3.05) is 13.1 Å². The van der Waals surface area contributed by atoms with Crippen LogP contribution in [0.3, 0.4) is 0 Å². The van der Waals surface area contributed by atoms with E-state index < -0.39 is 0 Å². The van der Waals surface area contributed by atoms with Crippen molar-refractivity contribution in [3.63, 3.8) is 0 Å². The second-order valence-corrected chi connectivity index (χ2v) is 3.92. The summed E-state index contributed by atoms with van der Waals surface area (Å²) >= 11 is 0. The van der Waals surface area contributed by atoms with Gasteiger partial charge in [0.25, 0.3) is 0 Å². The Morgan fingerprint density at radius 3 is 2.27 bits per heavy atom. The lowest BCUT2D eigenvalue weighted by molar-refractivity contribution is 0.0346. The SMILES string of the molecule is CC(C)C(CN)N1CCC1C. The molecule has 0 spiro atoms. The molecule has 0 radical (unpaired) electrons. The van der Waals surface area contributed by atoms with Crippen molar-refractivity contribution >= 4 is 0 Å². The first-order chi connectivity index (χ1) is 5.16. The highest BCUT2D eigenvalue weighted by Gasteiger charge is 2.31. The maximum Gasteiger partial charge on any atom is 0.0244 e. The molecule has 1 aliphatic rings. The molecule has 1 heterocycles. The zero-order chi connectivity index (χ0) is 8.43. The van der Waals surface area contributed by atoms with Crippen molar-refractivity contribution in [1.29, 1.82) is 0 Å². The third-order valence-corrected chi connectivity index (χ3v) is 2.81. The molecule has 0 saturated carbocycles. The Balaban J connectivity index is 2.41. The summed E-state index contributed by atoms with van der Waals surface area (Å²) in [4.78, 5) is 2.52. The second kappa shape index (κ2) is 3.55. The van der Waals surface area contributed by atoms with Gasteiger partial charge in [0.05, 0.1) is 0 Å². The van der Waals surface area contributed by atoms with Crippen LogP contribution in [-0.2, 0) is 0 Å². The smallest absolute Gasteiger partial charge is 0.0244 e. The van der Waals surface area contributed by atoms with Crippen LogP contribution in [0.2, 0.25) is 0 Å². The third kappa shape index (κ3) is 1.74. The predicted molar refractivity (Wildman–Crippen MR) is 48.5 cm³/mol. The second-order valence-electron chi connectivity index (χ2n) is 3.92. The Kier molecular flexibility index (Phi) is 2.90. The average Bonchev–Trinajstić information content (AvgIpc) is 1.96. The van der Waals surface area contributed by atoms with Crippen LogP contribution in [0.15, 0.2) is 0 Å². The molecule has 11 heavy (non-hydrogen) atoms. The van der Waals surface area contributed by atoms with Crippen molar-refractivity contribution in [1.82, 2.24) is 4.90 Å². The monoisotopic (exact) mass is 156 g/mol. The topological polar surface area (TPSA) is 29.3 Å². The molecule has 1 aliphatic heterocycles. The minimum absolute atomic E-state index is 0.610. The quantitative estimate of drug-likeness (QED) is 0.662. The summed E-state index contributed by atoms with van der Waals surface area (Å²) in [6, 6.07) is 1.38. The largest absolute Gasteiger partial charge is 0.329 e. The van der Waals surface area contributed by atoms with Crippen molar-refractivity contribution < 1.29 is 0 Å². The van der Waals surface area contributed by atoms with Crippen molar-refractivity contribution in [3.05, 3.63) is 0 Å². The van der Waals surface area contributed by atoms with E-state index in [1.807, 2.05) is 0 Å². The summed E-state index contributed by atoms with van der Waals surface area (Å²) in [6.07, 6.45) is 1.35. The fourth-order valence-corrected chi connectivity index (χ4v) is 1.82. The van der Waals surface area contributed by atoms with E-state index in [4.69, 9.17) is 5.73 Å². The molecule has 0 aromatic carbocycles. The van der Waals surface area contributed by atoms with E-state index in [1.54, 1.807) is 0 Å². The first kappa shape index (κ1) is 9.01. The van der Waals surface area contributed by atoms with Crippen LogP contribution in [0.4, 0.5) is 0 Å². The van der Waals surface area contributed by atoms with Crippen LogP contribution in [-0.4, -0.2) is 30.1 Å². The van der Waals surface area contributed by atoms with Crippen molar-refractivity contribution in [2.45, 2.75) is 39.3 Å². The molecule has 2 nitrogen and oxygen atoms in total. The number of nitrogens with zero attached hydrogens (tertiary/aromatic N) is 1. The van der Waals surface area contributed by atoms with Crippen molar-refractivity contribution in [2.24, 2.45) is 11.7 Å². The van der Waals surface area contributed by atoms with E-state index in [-0.39, 0.29) is 0 Å². The molecule has 66 valence electrons. The zero-order valence-corrected chi connectivity index (χ0v) is 7.88. The van der Waals surface area contributed by atoms with Gasteiger partial charge >= 0.3 is 0 Å². The minimum Gasteiger partial charge on any atom is -0.329 e. The summed E-state index contributed by atoms with van der Waals surface area (Å²) in [5.74, 6) is 0.697.